The zero-order valence-electron chi connectivity index (χ0n) is 29.8. The molecule has 0 rings (SSSR count). The zero-order valence-corrected chi connectivity index (χ0v) is 32.7. The molecule has 0 aromatic heterocycles. The van der Waals surface area contributed by atoms with Gasteiger partial charge in [-0.05, 0) is 25.7 Å². The molecule has 0 atom stereocenters. The van der Waals surface area contributed by atoms with E-state index in [1.807, 2.05) is 0 Å². The minimum Gasteiger partial charge on any atom is -0.653 e. The monoisotopic (exact) mass is 692 g/mol. The van der Waals surface area contributed by atoms with Gasteiger partial charge in [0.2, 0.25) is 0 Å². The third kappa shape index (κ3) is 74.9. The molecule has 0 aliphatic carbocycles. The minimum atomic E-state index is 0. The van der Waals surface area contributed by atoms with Gasteiger partial charge < -0.3 is 38.1 Å². The van der Waals surface area contributed by atoms with E-state index < -0.39 is 0 Å². The van der Waals surface area contributed by atoms with Crippen molar-refractivity contribution in [3.05, 3.63) is 0 Å². The fourth-order valence-corrected chi connectivity index (χ4v) is 3.98. The summed E-state index contributed by atoms with van der Waals surface area (Å²) in [6.07, 6.45) is 29.3. The fourth-order valence-electron chi connectivity index (χ4n) is 3.98. The van der Waals surface area contributed by atoms with Crippen LogP contribution in [0.3, 0.4) is 0 Å². The second kappa shape index (κ2) is 61.5. The molecule has 266 valence electrons. The summed E-state index contributed by atoms with van der Waals surface area (Å²) in [7, 11) is 0. The summed E-state index contributed by atoms with van der Waals surface area (Å²) in [6.45, 7) is 16.6. The molecule has 0 aromatic carbocycles. The molecule has 0 bridgehead atoms. The third-order valence-corrected chi connectivity index (χ3v) is 6.64. The average molecular weight is 694 g/mol. The van der Waals surface area contributed by atoms with Crippen molar-refractivity contribution in [3.63, 3.8) is 0 Å². The summed E-state index contributed by atoms with van der Waals surface area (Å²) < 4.78 is 17.7. The van der Waals surface area contributed by atoms with Gasteiger partial charge in [-0.2, -0.15) is 0 Å². The minimum absolute atomic E-state index is 0. The molecule has 9 heteroatoms. The van der Waals surface area contributed by atoms with Gasteiger partial charge in [-0.1, -0.05) is 182 Å². The number of hydrogen-bond acceptors (Lipinski definition) is 8. The van der Waals surface area contributed by atoms with Crippen molar-refractivity contribution in [1.29, 1.82) is 0 Å². The van der Waals surface area contributed by atoms with E-state index in [0.717, 1.165) is 25.7 Å². The van der Waals surface area contributed by atoms with E-state index >= 15 is 0 Å². The maximum atomic E-state index is 9.59. The van der Waals surface area contributed by atoms with Crippen LogP contribution in [0.4, 0.5) is 0 Å². The Morgan fingerprint density at radius 2 is 0.444 bits per heavy atom. The smallest absolute Gasteiger partial charge is 0.0480 e. The van der Waals surface area contributed by atoms with Gasteiger partial charge in [0.15, 0.2) is 0 Å². The van der Waals surface area contributed by atoms with Crippen LogP contribution < -0.4 is 0 Å². The number of carbonyl (C=O) groups excluding carboxylic acids is 4. The molecule has 0 amide bonds. The van der Waals surface area contributed by atoms with E-state index in [2.05, 4.69) is 46.6 Å². The predicted molar refractivity (Wildman–Crippen MR) is 180 cm³/mol. The molecule has 0 aliphatic heterocycles. The second-order valence-corrected chi connectivity index (χ2v) is 10.8. The molecule has 0 N–H and O–H groups in total. The Morgan fingerprint density at radius 1 is 0.289 bits per heavy atom. The van der Waals surface area contributed by atoms with E-state index in [1.165, 1.54) is 154 Å². The molecule has 0 aliphatic rings. The Morgan fingerprint density at radius 3 is 0.600 bits per heavy atom. The van der Waals surface area contributed by atoms with Crippen LogP contribution in [-0.4, -0.2) is 52.3 Å². The molecule has 45 heavy (non-hydrogen) atoms. The van der Waals surface area contributed by atoms with Crippen molar-refractivity contribution in [1.82, 2.24) is 0 Å². The van der Waals surface area contributed by atoms with Crippen LogP contribution in [0.2, 0.25) is 0 Å². The predicted octanol–water partition coefficient (Wildman–Crippen LogP) is 9.72. The summed E-state index contributed by atoms with van der Waals surface area (Å²) in [5.74, 6) is 0. The van der Waals surface area contributed by atoms with E-state index in [9.17, 15) is 19.2 Å². The molecule has 0 radical (unpaired) electrons. The van der Waals surface area contributed by atoms with Crippen LogP contribution in [0.15, 0.2) is 0 Å². The number of hydrogen-bond donors (Lipinski definition) is 0. The first-order valence-corrected chi connectivity index (χ1v) is 17.6. The summed E-state index contributed by atoms with van der Waals surface area (Å²) >= 11 is 0. The maximum absolute atomic E-state index is 9.59. The van der Waals surface area contributed by atoms with Gasteiger partial charge in [0.05, 0.1) is 0 Å². The van der Waals surface area contributed by atoms with Gasteiger partial charge in [0.1, 0.15) is 0 Å². The number of ether oxygens (including phenoxy) is 4. The standard InChI is InChI=1S/4C9H17O2.Zn/c4*1-2-3-4-5-6-7-8-11-9-10;/h4*2-8H2,1H3;/q4*-1;. The molecule has 8 nitrogen and oxygen atoms in total. The molecule has 0 spiro atoms. The van der Waals surface area contributed by atoms with Crippen molar-refractivity contribution >= 4 is 25.9 Å². The van der Waals surface area contributed by atoms with Crippen LogP contribution in [0.5, 0.6) is 0 Å². The Hall–Kier alpha value is -1.50. The summed E-state index contributed by atoms with van der Waals surface area (Å²) in [4.78, 5) is 38.4. The van der Waals surface area contributed by atoms with Crippen molar-refractivity contribution in [2.45, 2.75) is 182 Å². The van der Waals surface area contributed by atoms with Gasteiger partial charge in [-0.25, -0.2) is 0 Å². The Kier molecular flexibility index (Phi) is 72.4. The average Bonchev–Trinajstić information content (AvgIpc) is 3.04. The molecule has 0 aromatic rings. The van der Waals surface area contributed by atoms with Gasteiger partial charge in [0, 0.05) is 45.9 Å². The normalized spacial score (nSPS) is 9.33. The Bertz CT molecular complexity index is 421. The van der Waals surface area contributed by atoms with E-state index in [4.69, 9.17) is 0 Å². The van der Waals surface area contributed by atoms with Crippen molar-refractivity contribution in [3.8, 4) is 0 Å². The largest absolute Gasteiger partial charge is 0.653 e. The quantitative estimate of drug-likeness (QED) is 0.0297. The molecular formula is C36H68O8Zn-4. The van der Waals surface area contributed by atoms with Gasteiger partial charge >= 0.3 is 0 Å². The van der Waals surface area contributed by atoms with Crippen LogP contribution in [-0.2, 0) is 57.6 Å². The van der Waals surface area contributed by atoms with Gasteiger partial charge in [-0.3, -0.25) is 0 Å². The Balaban J connectivity index is -0.000000157. The van der Waals surface area contributed by atoms with E-state index in [-0.39, 0.29) is 19.5 Å². The van der Waals surface area contributed by atoms with Crippen LogP contribution in [0.25, 0.3) is 0 Å². The molecule has 0 heterocycles. The van der Waals surface area contributed by atoms with Gasteiger partial charge in [0.25, 0.3) is 0 Å². The van der Waals surface area contributed by atoms with E-state index in [0.29, 0.717) is 26.4 Å². The number of unbranched alkanes of at least 4 members (excludes halogenated alkanes) is 20. The second-order valence-electron chi connectivity index (χ2n) is 10.8. The van der Waals surface area contributed by atoms with Crippen molar-refractivity contribution in [2.24, 2.45) is 0 Å². The molecular weight excluding hydrogens is 626 g/mol. The van der Waals surface area contributed by atoms with E-state index in [1.54, 1.807) is 0 Å². The third-order valence-electron chi connectivity index (χ3n) is 6.64. The SMILES string of the molecule is CCCCCCCCO[C-]=O.CCCCCCCCO[C-]=O.CCCCCCCCO[C-]=O.CCCCCCCCO[C-]=O.[Zn]. The molecule has 0 unspecified atom stereocenters. The van der Waals surface area contributed by atoms with Gasteiger partial charge in [-0.15, -0.1) is 0 Å². The maximum Gasteiger partial charge on any atom is 0.0480 e. The fraction of sp³-hybridized carbons (Fsp3) is 0.889. The molecule has 0 saturated carbocycles. The summed E-state index contributed by atoms with van der Waals surface area (Å²) in [5, 5.41) is 0. The molecule has 0 fully saturated rings. The van der Waals surface area contributed by atoms with Crippen LogP contribution in [0.1, 0.15) is 182 Å². The number of rotatable bonds is 32. The topological polar surface area (TPSA) is 105 Å². The first-order chi connectivity index (χ1) is 21.7. The first kappa shape index (κ1) is 53.0. The Labute approximate surface area is 291 Å². The summed E-state index contributed by atoms with van der Waals surface area (Å²) in [5.41, 5.74) is 0. The van der Waals surface area contributed by atoms with Crippen molar-refractivity contribution in [2.75, 3.05) is 26.4 Å². The van der Waals surface area contributed by atoms with Crippen molar-refractivity contribution < 1.29 is 57.6 Å². The van der Waals surface area contributed by atoms with Crippen LogP contribution in [0, 0.1) is 0 Å². The first-order valence-electron chi connectivity index (χ1n) is 17.6. The molecule has 0 saturated heterocycles. The summed E-state index contributed by atoms with van der Waals surface area (Å²) in [6, 6.07) is 0. The van der Waals surface area contributed by atoms with Crippen LogP contribution >= 0.6 is 0 Å². The zero-order chi connectivity index (χ0) is 33.5.